The third-order valence-electron chi connectivity index (χ3n) is 3.17. The molecule has 0 fully saturated rings. The van der Waals surface area contributed by atoms with Crippen molar-refractivity contribution in [2.45, 2.75) is 40.2 Å². The van der Waals surface area contributed by atoms with Gasteiger partial charge in [-0.25, -0.2) is 0 Å². The molecule has 5 heteroatoms. The highest BCUT2D eigenvalue weighted by Crippen LogP contribution is 2.30. The minimum Gasteiger partial charge on any atom is -0.481 e. The Labute approximate surface area is 116 Å². The maximum absolute atomic E-state index is 11.3. The lowest BCUT2D eigenvalue weighted by Crippen LogP contribution is -2.28. The highest BCUT2D eigenvalue weighted by Gasteiger charge is 2.32. The summed E-state index contributed by atoms with van der Waals surface area (Å²) >= 11 is 3.52. The Morgan fingerprint density at radius 1 is 1.61 bits per heavy atom. The average molecular weight is 315 g/mol. The number of aryl methyl sites for hydroxylation is 2. The lowest BCUT2D eigenvalue weighted by atomic mass is 9.85. The maximum atomic E-state index is 11.3. The molecule has 1 aromatic heterocycles. The first-order valence-corrected chi connectivity index (χ1v) is 6.79. The molecule has 100 valence electrons. The summed E-state index contributed by atoms with van der Waals surface area (Å²) < 4.78 is 2.77. The Hall–Kier alpha value is -1.10. The van der Waals surface area contributed by atoms with Crippen molar-refractivity contribution in [3.8, 4) is 0 Å². The molecule has 0 saturated carbocycles. The van der Waals surface area contributed by atoms with Gasteiger partial charge >= 0.3 is 5.97 Å². The summed E-state index contributed by atoms with van der Waals surface area (Å²) in [6.45, 7) is 10.1. The quantitative estimate of drug-likeness (QED) is 0.821. The fourth-order valence-electron chi connectivity index (χ4n) is 1.77. The molecule has 0 aliphatic carbocycles. The maximum Gasteiger partial charge on any atom is 0.313 e. The summed E-state index contributed by atoms with van der Waals surface area (Å²) in [5, 5.41) is 13.8. The number of aliphatic carboxylic acids is 1. The molecule has 0 bridgehead atoms. The van der Waals surface area contributed by atoms with Gasteiger partial charge < -0.3 is 5.11 Å². The van der Waals surface area contributed by atoms with Crippen LogP contribution in [0.4, 0.5) is 0 Å². The topological polar surface area (TPSA) is 55.1 Å². The molecule has 18 heavy (non-hydrogen) atoms. The standard InChI is InChI=1S/C13H19BrN2O2/c1-5-9-11(14)10(16(7-3)15-9)8-13(4,6-2)12(17)18/h6H,2,5,7-8H2,1,3-4H3,(H,17,18). The van der Waals surface area contributed by atoms with Crippen LogP contribution in [-0.4, -0.2) is 20.9 Å². The van der Waals surface area contributed by atoms with Crippen LogP contribution < -0.4 is 0 Å². The molecule has 1 aromatic rings. The summed E-state index contributed by atoms with van der Waals surface area (Å²) in [7, 11) is 0. The number of carbonyl (C=O) groups is 1. The summed E-state index contributed by atoms with van der Waals surface area (Å²) in [5.74, 6) is -0.869. The Morgan fingerprint density at radius 2 is 2.22 bits per heavy atom. The minimum atomic E-state index is -0.972. The second kappa shape index (κ2) is 5.69. The van der Waals surface area contributed by atoms with E-state index in [9.17, 15) is 9.90 Å². The van der Waals surface area contributed by atoms with Crippen LogP contribution in [0.15, 0.2) is 17.1 Å². The highest BCUT2D eigenvalue weighted by molar-refractivity contribution is 9.10. The molecule has 1 unspecified atom stereocenters. The Kier molecular flexibility index (Phi) is 4.73. The molecule has 0 spiro atoms. The van der Waals surface area contributed by atoms with Crippen LogP contribution in [0.1, 0.15) is 32.2 Å². The molecule has 1 N–H and O–H groups in total. The number of rotatable bonds is 6. The largest absolute Gasteiger partial charge is 0.481 e. The molecule has 4 nitrogen and oxygen atoms in total. The summed E-state index contributed by atoms with van der Waals surface area (Å²) in [6.07, 6.45) is 2.69. The van der Waals surface area contributed by atoms with Crippen LogP contribution in [0, 0.1) is 5.41 Å². The molecule has 1 atom stereocenters. The molecule has 0 radical (unpaired) electrons. The lowest BCUT2D eigenvalue weighted by Gasteiger charge is -2.20. The second-order valence-corrected chi connectivity index (χ2v) is 5.27. The van der Waals surface area contributed by atoms with Crippen molar-refractivity contribution in [2.24, 2.45) is 5.41 Å². The zero-order chi connectivity index (χ0) is 13.9. The van der Waals surface area contributed by atoms with Gasteiger partial charge in [0.05, 0.1) is 21.3 Å². The van der Waals surface area contributed by atoms with E-state index in [1.807, 2.05) is 18.5 Å². The van der Waals surface area contributed by atoms with Crippen molar-refractivity contribution in [1.82, 2.24) is 9.78 Å². The van der Waals surface area contributed by atoms with E-state index in [2.05, 4.69) is 27.6 Å². The Morgan fingerprint density at radius 3 is 2.61 bits per heavy atom. The van der Waals surface area contributed by atoms with Gasteiger partial charge in [-0.1, -0.05) is 13.0 Å². The van der Waals surface area contributed by atoms with Crippen molar-refractivity contribution in [3.05, 3.63) is 28.5 Å². The highest BCUT2D eigenvalue weighted by atomic mass is 79.9. The third kappa shape index (κ3) is 2.66. The zero-order valence-corrected chi connectivity index (χ0v) is 12.6. The van der Waals surface area contributed by atoms with E-state index in [1.54, 1.807) is 6.92 Å². The van der Waals surface area contributed by atoms with Gasteiger partial charge in [0.25, 0.3) is 0 Å². The lowest BCUT2D eigenvalue weighted by molar-refractivity contribution is -0.145. The summed E-state index contributed by atoms with van der Waals surface area (Å²) in [5.41, 5.74) is 0.906. The first kappa shape index (κ1) is 15.0. The minimum absolute atomic E-state index is 0.382. The van der Waals surface area contributed by atoms with Crippen molar-refractivity contribution < 1.29 is 9.90 Å². The molecular formula is C13H19BrN2O2. The van der Waals surface area contributed by atoms with Crippen LogP contribution in [0.2, 0.25) is 0 Å². The number of halogens is 1. The van der Waals surface area contributed by atoms with Gasteiger partial charge in [-0.05, 0) is 36.2 Å². The average Bonchev–Trinajstić information content (AvgIpc) is 2.65. The molecule has 0 aromatic carbocycles. The molecule has 0 saturated heterocycles. The van der Waals surface area contributed by atoms with E-state index in [0.717, 1.165) is 28.8 Å². The van der Waals surface area contributed by atoms with E-state index in [-0.39, 0.29) is 0 Å². The fraction of sp³-hybridized carbons (Fsp3) is 0.538. The fourth-order valence-corrected chi connectivity index (χ4v) is 2.47. The number of hydrogen-bond acceptors (Lipinski definition) is 2. The van der Waals surface area contributed by atoms with Gasteiger partial charge in [0.2, 0.25) is 0 Å². The number of nitrogens with zero attached hydrogens (tertiary/aromatic N) is 2. The monoisotopic (exact) mass is 314 g/mol. The summed E-state index contributed by atoms with van der Waals surface area (Å²) in [6, 6.07) is 0. The number of carboxylic acids is 1. The Balaban J connectivity index is 3.21. The second-order valence-electron chi connectivity index (χ2n) is 4.48. The molecular weight excluding hydrogens is 296 g/mol. The van der Waals surface area contributed by atoms with Gasteiger partial charge in [0, 0.05) is 13.0 Å². The molecule has 1 rings (SSSR count). The van der Waals surface area contributed by atoms with E-state index >= 15 is 0 Å². The predicted octanol–water partition coefficient (Wildman–Crippen LogP) is 3.05. The summed E-state index contributed by atoms with van der Waals surface area (Å²) in [4.78, 5) is 11.3. The van der Waals surface area contributed by atoms with Gasteiger partial charge in [-0.15, -0.1) is 6.58 Å². The van der Waals surface area contributed by atoms with E-state index in [4.69, 9.17) is 0 Å². The van der Waals surface area contributed by atoms with Crippen molar-refractivity contribution in [3.63, 3.8) is 0 Å². The smallest absolute Gasteiger partial charge is 0.313 e. The van der Waals surface area contributed by atoms with Crippen molar-refractivity contribution >= 4 is 21.9 Å². The van der Waals surface area contributed by atoms with Crippen molar-refractivity contribution in [1.29, 1.82) is 0 Å². The molecule has 0 amide bonds. The van der Waals surface area contributed by atoms with Crippen LogP contribution >= 0.6 is 15.9 Å². The first-order chi connectivity index (χ1) is 8.39. The van der Waals surface area contributed by atoms with Crippen LogP contribution in [-0.2, 0) is 24.2 Å². The van der Waals surface area contributed by atoms with Gasteiger partial charge in [0.1, 0.15) is 0 Å². The van der Waals surface area contributed by atoms with E-state index in [0.29, 0.717) is 6.42 Å². The van der Waals surface area contributed by atoms with Crippen molar-refractivity contribution in [2.75, 3.05) is 0 Å². The number of aromatic nitrogens is 2. The van der Waals surface area contributed by atoms with E-state index in [1.165, 1.54) is 6.08 Å². The SMILES string of the molecule is C=CC(C)(Cc1c(Br)c(CC)nn1CC)C(=O)O. The van der Waals surface area contributed by atoms with Crippen LogP contribution in [0.25, 0.3) is 0 Å². The third-order valence-corrected chi connectivity index (χ3v) is 4.08. The molecule has 1 heterocycles. The normalized spacial score (nSPS) is 14.2. The van der Waals surface area contributed by atoms with Gasteiger partial charge in [-0.2, -0.15) is 5.10 Å². The predicted molar refractivity (Wildman–Crippen MR) is 74.6 cm³/mol. The number of carboxylic acid groups (broad SMARTS) is 1. The Bertz CT molecular complexity index is 468. The van der Waals surface area contributed by atoms with E-state index < -0.39 is 11.4 Å². The molecule has 0 aliphatic rings. The zero-order valence-electron chi connectivity index (χ0n) is 11.0. The van der Waals surface area contributed by atoms with Gasteiger partial charge in [-0.3, -0.25) is 9.48 Å². The number of hydrogen-bond donors (Lipinski definition) is 1. The van der Waals surface area contributed by atoms with Gasteiger partial charge in [0.15, 0.2) is 0 Å². The molecule has 0 aliphatic heterocycles. The van der Waals surface area contributed by atoms with Crippen LogP contribution in [0.3, 0.4) is 0 Å². The van der Waals surface area contributed by atoms with Crippen LogP contribution in [0.5, 0.6) is 0 Å². The first-order valence-electron chi connectivity index (χ1n) is 6.00.